The van der Waals surface area contributed by atoms with Crippen LogP contribution < -0.4 is 0 Å². The Kier molecular flexibility index (Phi) is 115. The summed E-state index contributed by atoms with van der Waals surface area (Å²) in [5.74, 6) is 3.67. The summed E-state index contributed by atoms with van der Waals surface area (Å²) in [6.45, 7) is 75.3. The number of methoxy groups -OCH3 is 14. The standard InChI is InChI=1S/3C7H14O2.6C6H12O2.4C6H14O2.3C5H10O2.2C5H12O2.C4H8O2/c1-5-4-9-7(8-3)6(5)2;1-5-4-7(8-3)9-6(5)2;1-5-4-6(2)9-7(5)8-3;1-5-3-6(7-2)8-4-5;1-5-3-4-8-6(5)7-2;1-5-3-4-6(7-2)8-5;1-4-5(2)8-6(3)7-4;1-3-6-4-7-5(2)8-6;1-3-6-7-4-5(2)8-6;1-4-5-6(7-2)8-3;1-4-5-8-6(2)7-3;1-4-6(7-3)8-5-2;1-4-7-6(3)8-5-2;1-4-3-6-5(2)7-4;1-6-5-3-2-4-7-5;1-2-5-6-3-4-7-5;1-4-5(6-2)7-3;1-4-7-5(2)6-3;1-4-5-2-3-6-4/h3*5-7H,4H2,1-3H3;3*5-6H,3-4H2,1-2H3;4-6H,1-3H3;2*5-6H,3-4H2,1-2H3;4*6H,4-5H2,1-3H3;4-5H,3H2,1-2H3;2*5H,2-4H2,1H3;2*5H,4H2,1-3H3;4H,2-3H2,1H3. The Morgan fingerprint density at radius 2 is 0.764 bits per heavy atom. The second kappa shape index (κ2) is 108. The summed E-state index contributed by atoms with van der Waals surface area (Å²) in [4.78, 5) is 0. The number of hydrogen-bond donors (Lipinski definition) is 0. The molecular formula is C110H232O38. The topological polar surface area (TPSA) is 351 Å². The zero-order chi connectivity index (χ0) is 114. The highest BCUT2D eigenvalue weighted by atomic mass is 16.8. The van der Waals surface area contributed by atoms with Crippen molar-refractivity contribution in [2.24, 2.45) is 35.5 Å². The smallest absolute Gasteiger partial charge is 0.160 e. The van der Waals surface area contributed by atoms with Gasteiger partial charge in [0, 0.05) is 183 Å². The van der Waals surface area contributed by atoms with E-state index in [1.807, 2.05) is 118 Å². The Balaban J connectivity index is -0.000000360. The van der Waals surface area contributed by atoms with Gasteiger partial charge >= 0.3 is 0 Å². The maximum atomic E-state index is 5.40. The first-order chi connectivity index (χ1) is 70.6. The van der Waals surface area contributed by atoms with Gasteiger partial charge in [0.25, 0.3) is 0 Å². The summed E-state index contributed by atoms with van der Waals surface area (Å²) in [5, 5.41) is 0. The van der Waals surface area contributed by atoms with E-state index in [1.54, 1.807) is 99.5 Å². The Morgan fingerprint density at radius 3 is 0.973 bits per heavy atom. The van der Waals surface area contributed by atoms with Crippen molar-refractivity contribution in [1.29, 1.82) is 0 Å². The third-order valence-corrected chi connectivity index (χ3v) is 23.6. The van der Waals surface area contributed by atoms with E-state index in [0.717, 1.165) is 208 Å². The van der Waals surface area contributed by atoms with Crippen molar-refractivity contribution in [3.63, 3.8) is 0 Å². The molecule has 0 bridgehead atoms. The summed E-state index contributed by atoms with van der Waals surface area (Å²) < 4.78 is 193. The Morgan fingerprint density at radius 1 is 0.264 bits per heavy atom. The average Bonchev–Trinajstić information content (AvgIpc) is 1.76. The number of ether oxygens (including phenoxy) is 38. The predicted molar refractivity (Wildman–Crippen MR) is 575 cm³/mol. The maximum Gasteiger partial charge on any atom is 0.160 e. The van der Waals surface area contributed by atoms with Gasteiger partial charge in [-0.25, -0.2) is 0 Å². The molecule has 0 radical (unpaired) electrons. The van der Waals surface area contributed by atoms with Crippen LogP contribution in [0.15, 0.2) is 0 Å². The van der Waals surface area contributed by atoms with E-state index >= 15 is 0 Å². The maximum absolute atomic E-state index is 5.40. The molecule has 13 aliphatic rings. The number of rotatable bonds is 32. The van der Waals surface area contributed by atoms with Crippen LogP contribution in [0.2, 0.25) is 0 Å². The molecule has 0 amide bonds. The molecule has 13 heterocycles. The Labute approximate surface area is 902 Å². The zero-order valence-corrected chi connectivity index (χ0v) is 102. The van der Waals surface area contributed by atoms with Gasteiger partial charge in [-0.15, -0.1) is 0 Å². The summed E-state index contributed by atoms with van der Waals surface area (Å²) in [6.07, 6.45) is 19.9. The molecule has 0 aromatic carbocycles. The SMILES string of the molecule is CC1COC(C)O1.CC1OC(C)C(C)O1.CC1OCCO1.CCC(OC)OC.CCC1COC(C)O1.CCC1OCC(C)O1.CCC1OCCO1.CCCC(OC)OC.CCCOC(C)OC.CCOC(C)OC.CCOC(C)OCC.CCOC(CC)OC.COC1CC(C)C(C)O1.COC1CC(C)CO1.COC1CCC(C)O1.COC1CCCO1.COC1OC(C)CC1C.COC1OCC(C)C1C.COC1OCCC1C. The van der Waals surface area contributed by atoms with Crippen LogP contribution in [0.5, 0.6) is 0 Å². The molecule has 38 nitrogen and oxygen atoms in total. The largest absolute Gasteiger partial charge is 0.356 e. The second-order valence-corrected chi connectivity index (χ2v) is 36.8. The van der Waals surface area contributed by atoms with Gasteiger partial charge in [0.2, 0.25) is 0 Å². The lowest BCUT2D eigenvalue weighted by molar-refractivity contribution is -0.125. The minimum Gasteiger partial charge on any atom is -0.356 e. The van der Waals surface area contributed by atoms with Crippen molar-refractivity contribution in [1.82, 2.24) is 0 Å². The molecule has 0 aliphatic carbocycles. The van der Waals surface area contributed by atoms with E-state index in [0.29, 0.717) is 72.1 Å². The first kappa shape index (κ1) is 157. The predicted octanol–water partition coefficient (Wildman–Crippen LogP) is 21.1. The van der Waals surface area contributed by atoms with Gasteiger partial charge in [-0.05, 0) is 213 Å². The molecule has 0 spiro atoms. The number of hydrogen-bond acceptors (Lipinski definition) is 38. The molecule has 0 N–H and O–H groups in total. The van der Waals surface area contributed by atoms with Crippen molar-refractivity contribution in [3.05, 3.63) is 0 Å². The zero-order valence-electron chi connectivity index (χ0n) is 102. The monoisotopic (exact) mass is 2160 g/mol. The quantitative estimate of drug-likeness (QED) is 0.0565. The molecule has 0 aromatic heterocycles. The molecular weight excluding hydrogens is 1930 g/mol. The van der Waals surface area contributed by atoms with Gasteiger partial charge in [-0.3, -0.25) is 0 Å². The fourth-order valence-corrected chi connectivity index (χ4v) is 14.0. The molecule has 900 valence electrons. The lowest BCUT2D eigenvalue weighted by atomic mass is 10.00. The first-order valence-electron chi connectivity index (χ1n) is 55.1. The molecule has 38 heteroatoms. The molecule has 13 rings (SSSR count). The highest BCUT2D eigenvalue weighted by Crippen LogP contribution is 2.29. The molecule has 27 atom stereocenters. The minimum absolute atomic E-state index is 0.000000000000000222. The minimum atomic E-state index is -0.0509. The van der Waals surface area contributed by atoms with Crippen LogP contribution >= 0.6 is 0 Å². The molecule has 148 heavy (non-hydrogen) atoms. The average molecular weight is 2160 g/mol. The fraction of sp³-hybridized carbons (Fsp3) is 1.00. The van der Waals surface area contributed by atoms with Crippen molar-refractivity contribution >= 4 is 0 Å². The highest BCUT2D eigenvalue weighted by Gasteiger charge is 2.33. The van der Waals surface area contributed by atoms with Crippen molar-refractivity contribution in [3.8, 4) is 0 Å². The van der Waals surface area contributed by atoms with Gasteiger partial charge in [0.05, 0.1) is 115 Å². The highest BCUT2D eigenvalue weighted by molar-refractivity contribution is 4.74. The second-order valence-electron chi connectivity index (χ2n) is 36.8. The van der Waals surface area contributed by atoms with Crippen molar-refractivity contribution in [2.75, 3.05) is 205 Å². The van der Waals surface area contributed by atoms with Crippen LogP contribution in [0.1, 0.15) is 317 Å². The third-order valence-electron chi connectivity index (χ3n) is 23.6. The molecule has 13 saturated heterocycles. The summed E-state index contributed by atoms with van der Waals surface area (Å²) >= 11 is 0. The van der Waals surface area contributed by atoms with Crippen LogP contribution in [0.4, 0.5) is 0 Å². The van der Waals surface area contributed by atoms with Crippen LogP contribution in [-0.4, -0.2) is 374 Å². The molecule has 27 unspecified atom stereocenters. The lowest BCUT2D eigenvalue weighted by Gasteiger charge is -2.13. The van der Waals surface area contributed by atoms with Gasteiger partial charge in [0.15, 0.2) is 120 Å². The Bertz CT molecular complexity index is 2420. The van der Waals surface area contributed by atoms with E-state index in [2.05, 4.69) is 96.9 Å². The van der Waals surface area contributed by atoms with Gasteiger partial charge < -0.3 is 180 Å². The molecule has 13 aliphatic heterocycles. The van der Waals surface area contributed by atoms with Crippen molar-refractivity contribution < 1.29 is 180 Å². The summed E-state index contributed by atoms with van der Waals surface area (Å²) in [6, 6.07) is 0. The Hall–Kier alpha value is -1.52. The van der Waals surface area contributed by atoms with Gasteiger partial charge in [-0.2, -0.15) is 0 Å². The third kappa shape index (κ3) is 91.3. The first-order valence-corrected chi connectivity index (χ1v) is 55.1. The van der Waals surface area contributed by atoms with Crippen LogP contribution in [0.3, 0.4) is 0 Å². The van der Waals surface area contributed by atoms with E-state index < -0.39 is 0 Å². The fourth-order valence-electron chi connectivity index (χ4n) is 14.0. The summed E-state index contributed by atoms with van der Waals surface area (Å²) in [5.41, 5.74) is 0. The van der Waals surface area contributed by atoms with E-state index in [4.69, 9.17) is 180 Å². The van der Waals surface area contributed by atoms with Crippen LogP contribution in [-0.2, 0) is 180 Å². The normalized spacial score (nSPS) is 30.3. The van der Waals surface area contributed by atoms with Gasteiger partial charge in [0.1, 0.15) is 0 Å². The van der Waals surface area contributed by atoms with Crippen LogP contribution in [0.25, 0.3) is 0 Å². The van der Waals surface area contributed by atoms with E-state index in [-0.39, 0.29) is 132 Å². The molecule has 0 aromatic rings. The molecule has 0 saturated carbocycles. The lowest BCUT2D eigenvalue weighted by Crippen LogP contribution is -2.17. The van der Waals surface area contributed by atoms with Gasteiger partial charge in [-0.1, -0.05) is 96.4 Å². The van der Waals surface area contributed by atoms with E-state index in [9.17, 15) is 0 Å². The molecule has 13 fully saturated rings. The van der Waals surface area contributed by atoms with E-state index in [1.165, 1.54) is 0 Å². The van der Waals surface area contributed by atoms with Crippen molar-refractivity contribution in [2.45, 2.75) is 486 Å². The van der Waals surface area contributed by atoms with Crippen LogP contribution in [0, 0.1) is 35.5 Å². The summed E-state index contributed by atoms with van der Waals surface area (Å²) in [7, 11) is 23.3.